The number of carbonyl (C=O) groups excluding carboxylic acids is 2. The van der Waals surface area contributed by atoms with Gasteiger partial charge in [0.1, 0.15) is 5.75 Å². The largest absolute Gasteiger partial charge is 0.495 e. The van der Waals surface area contributed by atoms with Gasteiger partial charge in [0.25, 0.3) is 0 Å². The number of fused-ring (bicyclic) bond motifs is 1. The number of benzene rings is 2. The molecule has 2 unspecified atom stereocenters. The van der Waals surface area contributed by atoms with Crippen molar-refractivity contribution in [3.63, 3.8) is 0 Å². The number of nitrogens with one attached hydrogen (secondary N) is 1. The molecule has 0 saturated carbocycles. The third kappa shape index (κ3) is 5.07. The van der Waals surface area contributed by atoms with E-state index in [-0.39, 0.29) is 18.4 Å². The summed E-state index contributed by atoms with van der Waals surface area (Å²) in [4.78, 5) is 25.5. The second-order valence-corrected chi connectivity index (χ2v) is 9.14. The highest BCUT2D eigenvalue weighted by molar-refractivity contribution is 8.01. The minimum atomic E-state index is -0.710. The molecular formula is C23H26ClNO6S. The van der Waals surface area contributed by atoms with Crippen molar-refractivity contribution in [1.82, 2.24) is 0 Å². The normalized spacial score (nSPS) is 17.8. The molecule has 1 amide bonds. The van der Waals surface area contributed by atoms with Crippen molar-refractivity contribution >= 4 is 40.9 Å². The van der Waals surface area contributed by atoms with E-state index in [0.717, 1.165) is 11.1 Å². The van der Waals surface area contributed by atoms with E-state index in [2.05, 4.69) is 5.32 Å². The second-order valence-electron chi connectivity index (χ2n) is 7.39. The average molecular weight is 480 g/mol. The van der Waals surface area contributed by atoms with Crippen LogP contribution in [0.25, 0.3) is 0 Å². The third-order valence-electron chi connectivity index (χ3n) is 4.88. The highest BCUT2D eigenvalue weighted by Crippen LogP contribution is 2.52. The van der Waals surface area contributed by atoms with Crippen molar-refractivity contribution in [3.8, 4) is 17.2 Å². The van der Waals surface area contributed by atoms with Crippen LogP contribution in [0, 0.1) is 0 Å². The van der Waals surface area contributed by atoms with Crippen LogP contribution in [-0.2, 0) is 14.3 Å². The number of thioether (sulfide) groups is 1. The molecule has 172 valence electrons. The van der Waals surface area contributed by atoms with E-state index in [0.29, 0.717) is 28.0 Å². The summed E-state index contributed by atoms with van der Waals surface area (Å²) in [7, 11) is 4.63. The molecule has 1 N–H and O–H groups in total. The van der Waals surface area contributed by atoms with Crippen LogP contribution in [0.3, 0.4) is 0 Å². The fourth-order valence-electron chi connectivity index (χ4n) is 3.57. The quantitative estimate of drug-likeness (QED) is 0.568. The van der Waals surface area contributed by atoms with Crippen LogP contribution in [0.1, 0.15) is 36.6 Å². The van der Waals surface area contributed by atoms with Gasteiger partial charge in [-0.15, -0.1) is 11.8 Å². The van der Waals surface area contributed by atoms with Crippen LogP contribution in [0.5, 0.6) is 17.2 Å². The van der Waals surface area contributed by atoms with Gasteiger partial charge in [0, 0.05) is 16.7 Å². The number of methoxy groups -OCH3 is 3. The van der Waals surface area contributed by atoms with E-state index in [9.17, 15) is 9.59 Å². The zero-order valence-electron chi connectivity index (χ0n) is 18.6. The molecule has 32 heavy (non-hydrogen) atoms. The Bertz CT molecular complexity index is 1010. The van der Waals surface area contributed by atoms with E-state index >= 15 is 0 Å². The van der Waals surface area contributed by atoms with E-state index < -0.39 is 16.5 Å². The Hall–Kier alpha value is -2.58. The standard InChI is InChI=1S/C23H26ClNO6S/c1-12(2)31-19(26)11-18-23(27)25-20-15(9-13(24)10-17(20)29-4)22(32-18)14-7-6-8-16(28-3)21(14)30-5/h6-10,12,18,22H,11H2,1-5H3,(H,25,27). The minimum Gasteiger partial charge on any atom is -0.495 e. The number of para-hydroxylation sites is 1. The predicted octanol–water partition coefficient (Wildman–Crippen LogP) is 4.85. The van der Waals surface area contributed by atoms with Crippen LogP contribution in [0.4, 0.5) is 5.69 Å². The molecule has 0 fully saturated rings. The summed E-state index contributed by atoms with van der Waals surface area (Å²) in [6, 6.07) is 8.96. The topological polar surface area (TPSA) is 83.1 Å². The molecule has 2 aromatic rings. The van der Waals surface area contributed by atoms with Gasteiger partial charge >= 0.3 is 5.97 Å². The maximum Gasteiger partial charge on any atom is 0.307 e. The molecule has 0 aromatic heterocycles. The van der Waals surface area contributed by atoms with Crippen molar-refractivity contribution < 1.29 is 28.5 Å². The number of hydrogen-bond donors (Lipinski definition) is 1. The van der Waals surface area contributed by atoms with Gasteiger partial charge in [-0.3, -0.25) is 9.59 Å². The molecule has 0 bridgehead atoms. The molecule has 0 spiro atoms. The number of hydrogen-bond acceptors (Lipinski definition) is 7. The zero-order chi connectivity index (χ0) is 23.4. The van der Waals surface area contributed by atoms with Crippen molar-refractivity contribution in [2.24, 2.45) is 0 Å². The average Bonchev–Trinajstić information content (AvgIpc) is 2.88. The molecule has 2 atom stereocenters. The molecule has 1 aliphatic heterocycles. The summed E-state index contributed by atoms with van der Waals surface area (Å²) >= 11 is 7.71. The Kier molecular flexibility index (Phi) is 7.79. The van der Waals surface area contributed by atoms with Crippen LogP contribution in [-0.4, -0.2) is 44.6 Å². The van der Waals surface area contributed by atoms with Gasteiger partial charge in [-0.05, 0) is 31.5 Å². The minimum absolute atomic E-state index is 0.0818. The first-order chi connectivity index (χ1) is 15.3. The van der Waals surface area contributed by atoms with Gasteiger partial charge in [-0.25, -0.2) is 0 Å². The van der Waals surface area contributed by atoms with E-state index in [1.807, 2.05) is 12.1 Å². The lowest BCUT2D eigenvalue weighted by Gasteiger charge is -2.23. The van der Waals surface area contributed by atoms with Gasteiger partial charge in [-0.1, -0.05) is 23.7 Å². The van der Waals surface area contributed by atoms with E-state index in [1.54, 1.807) is 46.3 Å². The number of carbonyl (C=O) groups is 2. The molecule has 0 aliphatic carbocycles. The van der Waals surface area contributed by atoms with Crippen molar-refractivity contribution in [1.29, 1.82) is 0 Å². The Labute approximate surface area is 196 Å². The van der Waals surface area contributed by atoms with E-state index in [1.165, 1.54) is 18.9 Å². The van der Waals surface area contributed by atoms with Crippen LogP contribution < -0.4 is 19.5 Å². The van der Waals surface area contributed by atoms with Gasteiger partial charge in [0.2, 0.25) is 5.91 Å². The number of ether oxygens (including phenoxy) is 4. The van der Waals surface area contributed by atoms with Crippen molar-refractivity contribution in [2.45, 2.75) is 36.9 Å². The first kappa shape index (κ1) is 24.1. The fourth-order valence-corrected chi connectivity index (χ4v) is 5.19. The highest BCUT2D eigenvalue weighted by atomic mass is 35.5. The van der Waals surface area contributed by atoms with Gasteiger partial charge in [0.05, 0.1) is 50.0 Å². The van der Waals surface area contributed by atoms with Crippen molar-refractivity contribution in [3.05, 3.63) is 46.5 Å². The van der Waals surface area contributed by atoms with Crippen LogP contribution in [0.2, 0.25) is 5.02 Å². The maximum absolute atomic E-state index is 13.1. The van der Waals surface area contributed by atoms with E-state index in [4.69, 9.17) is 30.5 Å². The van der Waals surface area contributed by atoms with Crippen LogP contribution >= 0.6 is 23.4 Å². The molecule has 0 radical (unpaired) electrons. The predicted molar refractivity (Wildman–Crippen MR) is 125 cm³/mol. The summed E-state index contributed by atoms with van der Waals surface area (Å²) in [6.45, 7) is 3.54. The first-order valence-corrected chi connectivity index (χ1v) is 11.3. The van der Waals surface area contributed by atoms with Crippen molar-refractivity contribution in [2.75, 3.05) is 26.6 Å². The lowest BCUT2D eigenvalue weighted by atomic mass is 10.0. The monoisotopic (exact) mass is 479 g/mol. The molecule has 0 saturated heterocycles. The molecule has 7 nitrogen and oxygen atoms in total. The second kappa shape index (κ2) is 10.4. The molecule has 3 rings (SSSR count). The summed E-state index contributed by atoms with van der Waals surface area (Å²) in [5, 5.41) is 2.26. The fraction of sp³-hybridized carbons (Fsp3) is 0.391. The number of esters is 1. The SMILES string of the molecule is COc1cc(Cl)cc2c1NC(=O)C(CC(=O)OC(C)C)SC2c1cccc(OC)c1OC. The molecular weight excluding hydrogens is 454 g/mol. The number of halogens is 1. The van der Waals surface area contributed by atoms with Gasteiger partial charge in [0.15, 0.2) is 11.5 Å². The smallest absolute Gasteiger partial charge is 0.307 e. The Morgan fingerprint density at radius 1 is 1.09 bits per heavy atom. The first-order valence-electron chi connectivity index (χ1n) is 10.0. The molecule has 9 heteroatoms. The Balaban J connectivity index is 2.15. The number of anilines is 1. The summed E-state index contributed by atoms with van der Waals surface area (Å²) in [5.41, 5.74) is 2.02. The van der Waals surface area contributed by atoms with Gasteiger partial charge in [-0.2, -0.15) is 0 Å². The van der Waals surface area contributed by atoms with Crippen LogP contribution in [0.15, 0.2) is 30.3 Å². The third-order valence-corrected chi connectivity index (χ3v) is 6.58. The molecule has 1 heterocycles. The molecule has 2 aromatic carbocycles. The lowest BCUT2D eigenvalue weighted by Crippen LogP contribution is -2.28. The molecule has 1 aliphatic rings. The maximum atomic E-state index is 13.1. The Morgan fingerprint density at radius 2 is 1.81 bits per heavy atom. The zero-order valence-corrected chi connectivity index (χ0v) is 20.1. The summed E-state index contributed by atoms with van der Waals surface area (Å²) in [5.74, 6) is 0.760. The number of amides is 1. The summed E-state index contributed by atoms with van der Waals surface area (Å²) in [6.07, 6.45) is -0.353. The number of rotatable bonds is 7. The summed E-state index contributed by atoms with van der Waals surface area (Å²) < 4.78 is 21.9. The Morgan fingerprint density at radius 3 is 2.44 bits per heavy atom. The lowest BCUT2D eigenvalue weighted by molar-refractivity contribution is -0.148. The van der Waals surface area contributed by atoms with Gasteiger partial charge < -0.3 is 24.3 Å². The highest BCUT2D eigenvalue weighted by Gasteiger charge is 2.36.